The van der Waals surface area contributed by atoms with Crippen LogP contribution in [-0.2, 0) is 4.74 Å². The normalized spacial score (nSPS) is 14.4. The number of hydrogen-bond acceptors (Lipinski definition) is 6. The lowest BCUT2D eigenvalue weighted by molar-refractivity contribution is 0.0520. The summed E-state index contributed by atoms with van der Waals surface area (Å²) in [6.45, 7) is 2.04. The van der Waals surface area contributed by atoms with Gasteiger partial charge < -0.3 is 10.1 Å². The third-order valence-corrected chi connectivity index (χ3v) is 5.93. The molecule has 2 heterocycles. The molecule has 3 aromatic rings. The van der Waals surface area contributed by atoms with Gasteiger partial charge in [-0.3, -0.25) is 4.79 Å². The number of thiazole rings is 1. The first-order valence-corrected chi connectivity index (χ1v) is 11.1. The maximum Gasteiger partial charge on any atom is 0.357 e. The van der Waals surface area contributed by atoms with E-state index in [2.05, 4.69) is 15.4 Å². The minimum absolute atomic E-state index is 0.181. The molecule has 7 nitrogen and oxygen atoms in total. The Morgan fingerprint density at radius 2 is 1.93 bits per heavy atom. The van der Waals surface area contributed by atoms with E-state index >= 15 is 0 Å². The summed E-state index contributed by atoms with van der Waals surface area (Å²) in [5.41, 5.74) is 2.23. The number of nitrogens with one attached hydrogen (secondary N) is 1. The summed E-state index contributed by atoms with van der Waals surface area (Å²) in [6.07, 6.45) is 5.53. The quantitative estimate of drug-likeness (QED) is 0.598. The molecule has 156 valence electrons. The molecule has 0 saturated heterocycles. The smallest absolute Gasteiger partial charge is 0.357 e. The molecule has 2 aromatic heterocycles. The molecule has 0 bridgehead atoms. The van der Waals surface area contributed by atoms with Crippen LogP contribution < -0.4 is 5.32 Å². The molecule has 1 aromatic carbocycles. The average Bonchev–Trinajstić information content (AvgIpc) is 3.43. The number of rotatable bonds is 6. The van der Waals surface area contributed by atoms with Crippen molar-refractivity contribution in [1.82, 2.24) is 20.1 Å². The summed E-state index contributed by atoms with van der Waals surface area (Å²) >= 11 is 1.28. The van der Waals surface area contributed by atoms with Crippen LogP contribution in [0, 0.1) is 0 Å². The number of hydrogen-bond donors (Lipinski definition) is 1. The van der Waals surface area contributed by atoms with Crippen LogP contribution in [0.15, 0.2) is 41.8 Å². The Hall–Kier alpha value is -3.00. The summed E-state index contributed by atoms with van der Waals surface area (Å²) in [7, 11) is 0. The summed E-state index contributed by atoms with van der Waals surface area (Å²) < 4.78 is 6.65. The van der Waals surface area contributed by atoms with Crippen LogP contribution in [0.3, 0.4) is 0 Å². The van der Waals surface area contributed by atoms with Gasteiger partial charge >= 0.3 is 5.97 Å². The SMILES string of the molecule is CCOC(=O)c1csc(-n2nc(C(=O)NC3CCCCC3)cc2-c2ccccc2)n1. The molecule has 4 rings (SSSR count). The van der Waals surface area contributed by atoms with E-state index in [0.717, 1.165) is 36.9 Å². The number of nitrogens with zero attached hydrogens (tertiary/aromatic N) is 3. The van der Waals surface area contributed by atoms with Crippen LogP contribution in [0.5, 0.6) is 0 Å². The number of carbonyl (C=O) groups is 2. The van der Waals surface area contributed by atoms with Crippen LogP contribution in [0.1, 0.15) is 60.0 Å². The Morgan fingerprint density at radius 1 is 1.17 bits per heavy atom. The molecular formula is C22H24N4O3S. The van der Waals surface area contributed by atoms with Gasteiger partial charge in [-0.05, 0) is 25.8 Å². The van der Waals surface area contributed by atoms with Crippen LogP contribution in [-0.4, -0.2) is 39.3 Å². The lowest BCUT2D eigenvalue weighted by Crippen LogP contribution is -2.36. The molecule has 0 atom stereocenters. The fourth-order valence-electron chi connectivity index (χ4n) is 3.62. The van der Waals surface area contributed by atoms with Gasteiger partial charge in [-0.25, -0.2) is 14.5 Å². The van der Waals surface area contributed by atoms with E-state index in [1.165, 1.54) is 17.8 Å². The van der Waals surface area contributed by atoms with Crippen LogP contribution in [0.2, 0.25) is 0 Å². The van der Waals surface area contributed by atoms with E-state index in [4.69, 9.17) is 4.74 Å². The number of amides is 1. The van der Waals surface area contributed by atoms with Gasteiger partial charge in [0.05, 0.1) is 12.3 Å². The molecule has 0 unspecified atom stereocenters. The summed E-state index contributed by atoms with van der Waals surface area (Å²) in [5.74, 6) is -0.649. The van der Waals surface area contributed by atoms with E-state index < -0.39 is 5.97 Å². The third kappa shape index (κ3) is 4.43. The molecule has 1 N–H and O–H groups in total. The van der Waals surface area contributed by atoms with E-state index in [0.29, 0.717) is 10.8 Å². The Labute approximate surface area is 179 Å². The molecule has 1 amide bonds. The zero-order valence-electron chi connectivity index (χ0n) is 16.8. The molecule has 1 aliphatic rings. The molecule has 8 heteroatoms. The van der Waals surface area contributed by atoms with Gasteiger partial charge in [0.2, 0.25) is 5.13 Å². The average molecular weight is 425 g/mol. The van der Waals surface area contributed by atoms with Gasteiger partial charge in [0, 0.05) is 17.0 Å². The monoisotopic (exact) mass is 424 g/mol. The van der Waals surface area contributed by atoms with E-state index in [1.807, 2.05) is 30.3 Å². The maximum absolute atomic E-state index is 12.9. The van der Waals surface area contributed by atoms with E-state index in [1.54, 1.807) is 23.1 Å². The molecule has 30 heavy (non-hydrogen) atoms. The minimum Gasteiger partial charge on any atom is -0.461 e. The van der Waals surface area contributed by atoms with Gasteiger partial charge in [0.1, 0.15) is 0 Å². The molecular weight excluding hydrogens is 400 g/mol. The minimum atomic E-state index is -0.469. The molecule has 1 aliphatic carbocycles. The van der Waals surface area contributed by atoms with Gasteiger partial charge in [0.15, 0.2) is 11.4 Å². The second kappa shape index (κ2) is 9.21. The Bertz CT molecular complexity index is 1020. The third-order valence-electron chi connectivity index (χ3n) is 5.11. The highest BCUT2D eigenvalue weighted by Gasteiger charge is 2.22. The first-order chi connectivity index (χ1) is 14.7. The van der Waals surface area contributed by atoms with Crippen molar-refractivity contribution in [3.05, 3.63) is 53.2 Å². The highest BCUT2D eigenvalue weighted by Crippen LogP contribution is 2.26. The van der Waals surface area contributed by atoms with Crippen LogP contribution in [0.4, 0.5) is 0 Å². The second-order valence-electron chi connectivity index (χ2n) is 7.24. The molecule has 1 saturated carbocycles. The van der Waals surface area contributed by atoms with Crippen molar-refractivity contribution < 1.29 is 14.3 Å². The Balaban J connectivity index is 1.66. The first-order valence-electron chi connectivity index (χ1n) is 10.2. The first kappa shape index (κ1) is 20.3. The molecule has 0 radical (unpaired) electrons. The predicted molar refractivity (Wildman–Crippen MR) is 115 cm³/mol. The summed E-state index contributed by atoms with van der Waals surface area (Å²) in [6, 6.07) is 11.7. The molecule has 0 spiro atoms. The van der Waals surface area contributed by atoms with Crippen LogP contribution in [0.25, 0.3) is 16.4 Å². The number of ether oxygens (including phenoxy) is 1. The van der Waals surface area contributed by atoms with Gasteiger partial charge in [0.25, 0.3) is 5.91 Å². The van der Waals surface area contributed by atoms with Gasteiger partial charge in [-0.15, -0.1) is 11.3 Å². The van der Waals surface area contributed by atoms with Crippen molar-refractivity contribution in [2.75, 3.05) is 6.61 Å². The molecule has 0 aliphatic heterocycles. The highest BCUT2D eigenvalue weighted by molar-refractivity contribution is 7.12. The van der Waals surface area contributed by atoms with Gasteiger partial charge in [-0.2, -0.15) is 5.10 Å². The lowest BCUT2D eigenvalue weighted by Gasteiger charge is -2.22. The zero-order valence-corrected chi connectivity index (χ0v) is 17.7. The number of esters is 1. The zero-order chi connectivity index (χ0) is 20.9. The number of benzene rings is 1. The highest BCUT2D eigenvalue weighted by atomic mass is 32.1. The Kier molecular flexibility index (Phi) is 6.23. The topological polar surface area (TPSA) is 86.1 Å². The van der Waals surface area contributed by atoms with Crippen molar-refractivity contribution >= 4 is 23.2 Å². The van der Waals surface area contributed by atoms with E-state index in [-0.39, 0.29) is 24.2 Å². The second-order valence-corrected chi connectivity index (χ2v) is 8.07. The summed E-state index contributed by atoms with van der Waals surface area (Å²) in [5, 5.41) is 9.81. The number of aromatic nitrogens is 3. The van der Waals surface area contributed by atoms with Crippen molar-refractivity contribution in [2.45, 2.75) is 45.1 Å². The van der Waals surface area contributed by atoms with Crippen molar-refractivity contribution in [1.29, 1.82) is 0 Å². The largest absolute Gasteiger partial charge is 0.461 e. The van der Waals surface area contributed by atoms with Crippen LogP contribution >= 0.6 is 11.3 Å². The Morgan fingerprint density at radius 3 is 2.67 bits per heavy atom. The summed E-state index contributed by atoms with van der Waals surface area (Å²) in [4.78, 5) is 29.3. The predicted octanol–water partition coefficient (Wildman–Crippen LogP) is 4.24. The van der Waals surface area contributed by atoms with E-state index in [9.17, 15) is 9.59 Å². The lowest BCUT2D eigenvalue weighted by atomic mass is 9.95. The fourth-order valence-corrected chi connectivity index (χ4v) is 4.38. The standard InChI is InChI=1S/C22H24N4O3S/c1-2-29-21(28)18-14-30-22(24-18)26-19(15-9-5-3-6-10-15)13-17(25-26)20(27)23-16-11-7-4-8-12-16/h3,5-6,9-10,13-14,16H,2,4,7-8,11-12H2,1H3,(H,23,27). The van der Waals surface area contributed by atoms with Gasteiger partial charge in [-0.1, -0.05) is 49.6 Å². The number of carbonyl (C=O) groups excluding carboxylic acids is 2. The van der Waals surface area contributed by atoms with Crippen molar-refractivity contribution in [2.24, 2.45) is 0 Å². The van der Waals surface area contributed by atoms with Crippen molar-refractivity contribution in [3.8, 4) is 16.4 Å². The maximum atomic E-state index is 12.9. The molecule has 1 fully saturated rings. The fraction of sp³-hybridized carbons (Fsp3) is 0.364. The van der Waals surface area contributed by atoms with Crippen molar-refractivity contribution in [3.63, 3.8) is 0 Å².